The summed E-state index contributed by atoms with van der Waals surface area (Å²) in [6.07, 6.45) is 0.0816. The van der Waals surface area contributed by atoms with Crippen molar-refractivity contribution in [3.8, 4) is 11.3 Å². The summed E-state index contributed by atoms with van der Waals surface area (Å²) in [6.45, 7) is 2.39. The maximum absolute atomic E-state index is 13.9. The number of ketones is 1. The van der Waals surface area contributed by atoms with Gasteiger partial charge in [-0.2, -0.15) is 0 Å². The molecule has 6 rings (SSSR count). The van der Waals surface area contributed by atoms with Crippen molar-refractivity contribution in [2.45, 2.75) is 50.6 Å². The van der Waals surface area contributed by atoms with Gasteiger partial charge in [0.15, 0.2) is 0 Å². The van der Waals surface area contributed by atoms with Gasteiger partial charge in [-0.05, 0) is 49.6 Å². The van der Waals surface area contributed by atoms with Gasteiger partial charge in [0.25, 0.3) is 23.5 Å². The topological polar surface area (TPSA) is 106 Å². The Morgan fingerprint density at radius 2 is 1.78 bits per heavy atom. The molecule has 2 aromatic heterocycles. The smallest absolute Gasteiger partial charge is 0.293 e. The Morgan fingerprint density at radius 3 is 2.46 bits per heavy atom. The van der Waals surface area contributed by atoms with Gasteiger partial charge in [-0.1, -0.05) is 24.3 Å². The number of hydrogen-bond acceptors (Lipinski definition) is 6. The summed E-state index contributed by atoms with van der Waals surface area (Å²) in [7, 11) is 0. The van der Waals surface area contributed by atoms with E-state index in [9.17, 15) is 27.6 Å². The minimum absolute atomic E-state index is 0.0873. The van der Waals surface area contributed by atoms with Crippen molar-refractivity contribution >= 4 is 34.6 Å². The maximum Gasteiger partial charge on any atom is 0.293 e. The van der Waals surface area contributed by atoms with Crippen LogP contribution in [0.15, 0.2) is 54.0 Å². The van der Waals surface area contributed by atoms with Gasteiger partial charge in [0.1, 0.15) is 21.9 Å². The molecule has 0 radical (unpaired) electrons. The Morgan fingerprint density at radius 1 is 1.05 bits per heavy atom. The number of Topliss-reactive ketones (excluding diaryl/α,β-unsaturated/α-hetero) is 1. The lowest BCUT2D eigenvalue weighted by Gasteiger charge is -2.45. The fourth-order valence-electron chi connectivity index (χ4n) is 5.88. The minimum Gasteiger partial charge on any atom is -0.344 e. The van der Waals surface area contributed by atoms with Crippen molar-refractivity contribution in [2.75, 3.05) is 5.32 Å². The van der Waals surface area contributed by atoms with E-state index < -0.39 is 41.8 Å². The van der Waals surface area contributed by atoms with Crippen LogP contribution < -0.4 is 10.6 Å². The molecule has 210 valence electrons. The number of amides is 2. The van der Waals surface area contributed by atoms with Crippen LogP contribution in [0.25, 0.3) is 11.3 Å². The van der Waals surface area contributed by atoms with Gasteiger partial charge in [-0.25, -0.2) is 13.2 Å². The molecule has 12 heteroatoms. The third kappa shape index (κ3) is 4.71. The Labute approximate surface area is 236 Å². The van der Waals surface area contributed by atoms with Crippen LogP contribution in [0.3, 0.4) is 0 Å². The van der Waals surface area contributed by atoms with Gasteiger partial charge in [-0.15, -0.1) is 21.5 Å². The fraction of sp³-hybridized carbons (Fsp3) is 0.276. The zero-order valence-corrected chi connectivity index (χ0v) is 22.7. The molecule has 0 bridgehead atoms. The molecule has 4 aromatic rings. The number of rotatable bonds is 7. The lowest BCUT2D eigenvalue weighted by atomic mass is 9.73. The molecule has 1 aliphatic heterocycles. The Balaban J connectivity index is 1.34. The van der Waals surface area contributed by atoms with Gasteiger partial charge >= 0.3 is 0 Å². The van der Waals surface area contributed by atoms with E-state index in [0.717, 1.165) is 23.5 Å². The van der Waals surface area contributed by atoms with Gasteiger partial charge in [0, 0.05) is 41.9 Å². The first kappa shape index (κ1) is 26.9. The van der Waals surface area contributed by atoms with Gasteiger partial charge in [-0.3, -0.25) is 14.4 Å². The number of benzene rings is 2. The number of carbonyl (C=O) groups is 3. The second kappa shape index (κ2) is 9.95. The van der Waals surface area contributed by atoms with Crippen molar-refractivity contribution in [1.29, 1.82) is 0 Å². The van der Waals surface area contributed by atoms with Gasteiger partial charge in [0.2, 0.25) is 0 Å². The van der Waals surface area contributed by atoms with Crippen LogP contribution >= 0.6 is 11.3 Å². The Kier molecular flexibility index (Phi) is 6.52. The van der Waals surface area contributed by atoms with E-state index in [4.69, 9.17) is 0 Å². The van der Waals surface area contributed by atoms with Gasteiger partial charge < -0.3 is 15.2 Å². The number of hydrogen-bond donors (Lipinski definition) is 2. The molecular formula is C29H24F3N5O3S. The highest BCUT2D eigenvalue weighted by molar-refractivity contribution is 7.09. The monoisotopic (exact) mass is 579 g/mol. The second-order valence-corrected chi connectivity index (χ2v) is 11.2. The first-order valence-electron chi connectivity index (χ1n) is 13.0. The quantitative estimate of drug-likeness (QED) is 0.229. The van der Waals surface area contributed by atoms with Crippen LogP contribution in [0.5, 0.6) is 0 Å². The van der Waals surface area contributed by atoms with Crippen molar-refractivity contribution in [1.82, 2.24) is 20.1 Å². The number of fused-ring (bicyclic) bond motifs is 1. The predicted octanol–water partition coefficient (Wildman–Crippen LogP) is 5.28. The molecule has 2 aliphatic rings. The third-order valence-electron chi connectivity index (χ3n) is 7.62. The van der Waals surface area contributed by atoms with Crippen LogP contribution in [0.2, 0.25) is 0 Å². The van der Waals surface area contributed by atoms with Crippen LogP contribution in [-0.2, 0) is 23.3 Å². The Bertz CT molecular complexity index is 1670. The van der Waals surface area contributed by atoms with Gasteiger partial charge in [0.05, 0.1) is 11.3 Å². The molecule has 3 heterocycles. The average Bonchev–Trinajstić information content (AvgIpc) is 3.67. The summed E-state index contributed by atoms with van der Waals surface area (Å²) in [5, 5.41) is 13.1. The molecule has 2 amide bonds. The summed E-state index contributed by atoms with van der Waals surface area (Å²) >= 11 is 1.04. The van der Waals surface area contributed by atoms with Crippen molar-refractivity contribution in [3.63, 3.8) is 0 Å². The van der Waals surface area contributed by atoms with E-state index in [-0.39, 0.29) is 16.5 Å². The molecule has 0 atom stereocenters. The first-order valence-corrected chi connectivity index (χ1v) is 13.9. The van der Waals surface area contributed by atoms with Crippen molar-refractivity contribution < 1.29 is 27.6 Å². The summed E-state index contributed by atoms with van der Waals surface area (Å²) in [5.41, 5.74) is 3.42. The van der Waals surface area contributed by atoms with E-state index in [0.29, 0.717) is 41.0 Å². The standard InChI is InChI=1S/C29H24F3N5O3S/c1-16-22(25(39)34-18-10-8-17(30)9-11-18)21-7-4-12-37(21)23(16)19-5-2-3-6-20(19)24(38)26(40)35-28(13-29(31,32)14-28)27-36-33-15-41-27/h2-3,5-6,8-11,15H,4,7,12-14H2,1H3,(H,34,39)(H,35,40). The first-order chi connectivity index (χ1) is 19.6. The van der Waals surface area contributed by atoms with E-state index in [1.165, 1.54) is 35.8 Å². The number of aromatic nitrogens is 3. The summed E-state index contributed by atoms with van der Waals surface area (Å²) in [5.74, 6) is -5.68. The molecule has 41 heavy (non-hydrogen) atoms. The Hall–Kier alpha value is -4.32. The number of carbonyl (C=O) groups excluding carboxylic acids is 3. The third-order valence-corrected chi connectivity index (χ3v) is 8.51. The molecule has 1 aliphatic carbocycles. The summed E-state index contributed by atoms with van der Waals surface area (Å²) in [6, 6.07) is 12.0. The number of alkyl halides is 2. The summed E-state index contributed by atoms with van der Waals surface area (Å²) < 4.78 is 43.2. The van der Waals surface area contributed by atoms with Crippen LogP contribution in [0, 0.1) is 12.7 Å². The number of halogens is 3. The van der Waals surface area contributed by atoms with Crippen molar-refractivity contribution in [2.24, 2.45) is 0 Å². The molecule has 0 saturated heterocycles. The highest BCUT2D eigenvalue weighted by atomic mass is 32.1. The van der Waals surface area contributed by atoms with E-state index >= 15 is 0 Å². The minimum atomic E-state index is -2.99. The number of nitrogens with zero attached hydrogens (tertiary/aromatic N) is 3. The molecule has 8 nitrogen and oxygen atoms in total. The molecule has 2 N–H and O–H groups in total. The summed E-state index contributed by atoms with van der Waals surface area (Å²) in [4.78, 5) is 40.2. The molecule has 0 spiro atoms. The average molecular weight is 580 g/mol. The SMILES string of the molecule is Cc1c(C(=O)Nc2ccc(F)cc2)c2n(c1-c1ccccc1C(=O)C(=O)NC1(c3nncs3)CC(F)(F)C1)CCC2. The van der Waals surface area contributed by atoms with E-state index in [1.54, 1.807) is 25.1 Å². The number of anilines is 1. The van der Waals surface area contributed by atoms with E-state index in [1.807, 2.05) is 4.57 Å². The molecule has 1 saturated carbocycles. The lowest BCUT2D eigenvalue weighted by Crippen LogP contribution is -2.60. The molecule has 1 fully saturated rings. The maximum atomic E-state index is 13.9. The van der Waals surface area contributed by atoms with Crippen molar-refractivity contribution in [3.05, 3.63) is 87.3 Å². The zero-order valence-electron chi connectivity index (χ0n) is 21.8. The highest BCUT2D eigenvalue weighted by Gasteiger charge is 2.60. The predicted molar refractivity (Wildman–Crippen MR) is 146 cm³/mol. The normalized spacial score (nSPS) is 16.5. The fourth-order valence-corrected chi connectivity index (χ4v) is 6.59. The largest absolute Gasteiger partial charge is 0.344 e. The number of nitrogens with one attached hydrogen (secondary N) is 2. The van der Waals surface area contributed by atoms with E-state index in [2.05, 4.69) is 20.8 Å². The van der Waals surface area contributed by atoms with Crippen LogP contribution in [0.1, 0.15) is 56.2 Å². The molecular weight excluding hydrogens is 555 g/mol. The van der Waals surface area contributed by atoms with Crippen LogP contribution in [-0.4, -0.2) is 38.3 Å². The van der Waals surface area contributed by atoms with Crippen LogP contribution in [0.4, 0.5) is 18.9 Å². The molecule has 2 aromatic carbocycles. The molecule has 0 unspecified atom stereocenters. The lowest BCUT2D eigenvalue weighted by molar-refractivity contribution is -0.147. The highest BCUT2D eigenvalue weighted by Crippen LogP contribution is 2.52. The zero-order chi connectivity index (χ0) is 28.9. The second-order valence-electron chi connectivity index (χ2n) is 10.4.